The second kappa shape index (κ2) is 10.1. The number of hydrogen-bond acceptors (Lipinski definition) is 4. The largest absolute Gasteiger partial charge is 0.434 e. The number of nitrogens with one attached hydrogen (secondary N) is 2. The first-order chi connectivity index (χ1) is 12.4. The lowest BCUT2D eigenvalue weighted by atomic mass is 9.93. The summed E-state index contributed by atoms with van der Waals surface area (Å²) in [5.74, 6) is 1.43. The molecule has 0 amide bonds. The number of rotatable bonds is 7. The summed E-state index contributed by atoms with van der Waals surface area (Å²) in [4.78, 5) is 10.3. The summed E-state index contributed by atoms with van der Waals surface area (Å²) < 4.78 is 37.6. The van der Waals surface area contributed by atoms with Crippen LogP contribution in [0.5, 0.6) is 0 Å². The number of hydrogen-bond donors (Lipinski definition) is 2. The number of alkyl halides is 3. The Bertz CT molecular complexity index is 565. The van der Waals surface area contributed by atoms with Gasteiger partial charge in [-0.15, -0.1) is 11.3 Å². The lowest BCUT2D eigenvalue weighted by Gasteiger charge is -2.31. The van der Waals surface area contributed by atoms with Crippen molar-refractivity contribution in [2.45, 2.75) is 38.8 Å². The molecule has 1 aliphatic rings. The second-order valence-electron chi connectivity index (χ2n) is 6.47. The molecular weight excluding hydrogens is 363 g/mol. The van der Waals surface area contributed by atoms with Gasteiger partial charge in [0.25, 0.3) is 0 Å². The summed E-state index contributed by atoms with van der Waals surface area (Å²) >= 11 is 1.04. The first kappa shape index (κ1) is 21.0. The highest BCUT2D eigenvalue weighted by atomic mass is 32.1. The maximum atomic E-state index is 12.5. The monoisotopic (exact) mass is 391 g/mol. The number of halogens is 3. The van der Waals surface area contributed by atoms with E-state index >= 15 is 0 Å². The molecule has 5 nitrogen and oxygen atoms in total. The van der Waals surface area contributed by atoms with Crippen LogP contribution in [0, 0.1) is 5.92 Å². The minimum atomic E-state index is -4.37. The van der Waals surface area contributed by atoms with E-state index in [0.717, 1.165) is 42.1 Å². The van der Waals surface area contributed by atoms with Crippen LogP contribution >= 0.6 is 11.3 Å². The maximum Gasteiger partial charge on any atom is 0.434 e. The van der Waals surface area contributed by atoms with Crippen LogP contribution in [0.3, 0.4) is 0 Å². The fourth-order valence-electron chi connectivity index (χ4n) is 3.05. The molecule has 26 heavy (non-hydrogen) atoms. The van der Waals surface area contributed by atoms with Gasteiger partial charge in [-0.25, -0.2) is 4.98 Å². The van der Waals surface area contributed by atoms with E-state index in [9.17, 15) is 13.2 Å². The molecule has 2 heterocycles. The SMILES string of the molecule is CCN1CCC(CCNC(=NC)NCCc2nc(C(F)(F)F)cs2)CC1. The lowest BCUT2D eigenvalue weighted by Crippen LogP contribution is -2.40. The standard InChI is InChI=1S/C17H28F3N5S/c1-3-25-10-6-13(7-11-25)4-8-22-16(21-2)23-9-5-15-24-14(12-26-15)17(18,19)20/h12-13H,3-11H2,1-2H3,(H2,21,22,23). The zero-order chi connectivity index (χ0) is 19.0. The summed E-state index contributed by atoms with van der Waals surface area (Å²) in [6, 6.07) is 0. The summed E-state index contributed by atoms with van der Waals surface area (Å²) in [7, 11) is 1.69. The van der Waals surface area contributed by atoms with Crippen molar-refractivity contribution in [3.63, 3.8) is 0 Å². The van der Waals surface area contributed by atoms with Gasteiger partial charge in [0.05, 0.1) is 5.01 Å². The average Bonchev–Trinajstić information content (AvgIpc) is 3.10. The normalized spacial score (nSPS) is 17.5. The van der Waals surface area contributed by atoms with Crippen LogP contribution in [-0.4, -0.2) is 55.6 Å². The molecule has 2 rings (SSSR count). The Labute approximate surface area is 157 Å². The highest BCUT2D eigenvalue weighted by Crippen LogP contribution is 2.30. The molecule has 1 aromatic rings. The van der Waals surface area contributed by atoms with Crippen LogP contribution in [0.1, 0.15) is 36.9 Å². The molecule has 0 aromatic carbocycles. The number of aromatic nitrogens is 1. The van der Waals surface area contributed by atoms with E-state index in [-0.39, 0.29) is 0 Å². The molecule has 1 fully saturated rings. The van der Waals surface area contributed by atoms with Gasteiger partial charge in [0.15, 0.2) is 11.7 Å². The van der Waals surface area contributed by atoms with Crippen molar-refractivity contribution in [3.8, 4) is 0 Å². The van der Waals surface area contributed by atoms with Crippen molar-refractivity contribution in [2.24, 2.45) is 10.9 Å². The minimum Gasteiger partial charge on any atom is -0.356 e. The molecular formula is C17H28F3N5S. The number of piperidine rings is 1. The zero-order valence-electron chi connectivity index (χ0n) is 15.4. The predicted octanol–water partition coefficient (Wildman–Crippen LogP) is 2.99. The summed E-state index contributed by atoms with van der Waals surface area (Å²) in [6.45, 7) is 7.05. The zero-order valence-corrected chi connectivity index (χ0v) is 16.2. The summed E-state index contributed by atoms with van der Waals surface area (Å²) in [5.41, 5.74) is -0.811. The molecule has 1 saturated heterocycles. The van der Waals surface area contributed by atoms with Crippen molar-refractivity contribution < 1.29 is 13.2 Å². The van der Waals surface area contributed by atoms with Crippen LogP contribution in [0.2, 0.25) is 0 Å². The van der Waals surface area contributed by atoms with E-state index in [0.29, 0.717) is 23.9 Å². The van der Waals surface area contributed by atoms with Gasteiger partial charge in [-0.3, -0.25) is 4.99 Å². The number of likely N-dealkylation sites (tertiary alicyclic amines) is 1. The Morgan fingerprint density at radius 2 is 2.00 bits per heavy atom. The van der Waals surface area contributed by atoms with Gasteiger partial charge in [-0.1, -0.05) is 6.92 Å². The van der Waals surface area contributed by atoms with Crippen molar-refractivity contribution in [3.05, 3.63) is 16.1 Å². The maximum absolute atomic E-state index is 12.5. The van der Waals surface area contributed by atoms with Gasteiger partial charge in [-0.2, -0.15) is 13.2 Å². The van der Waals surface area contributed by atoms with Gasteiger partial charge in [0, 0.05) is 31.9 Å². The van der Waals surface area contributed by atoms with Crippen LogP contribution in [0.15, 0.2) is 10.4 Å². The van der Waals surface area contributed by atoms with Crippen molar-refractivity contribution in [2.75, 3.05) is 39.8 Å². The fraction of sp³-hybridized carbons (Fsp3) is 0.765. The van der Waals surface area contributed by atoms with E-state index in [4.69, 9.17) is 0 Å². The Balaban J connectivity index is 1.63. The molecule has 1 aromatic heterocycles. The van der Waals surface area contributed by atoms with E-state index in [1.807, 2.05) is 0 Å². The van der Waals surface area contributed by atoms with Crippen molar-refractivity contribution >= 4 is 17.3 Å². The Hall–Kier alpha value is -1.35. The lowest BCUT2D eigenvalue weighted by molar-refractivity contribution is -0.140. The minimum absolute atomic E-state index is 0.441. The van der Waals surface area contributed by atoms with Crippen LogP contribution in [0.25, 0.3) is 0 Å². The van der Waals surface area contributed by atoms with Gasteiger partial charge in [0.1, 0.15) is 0 Å². The number of guanidine groups is 1. The molecule has 1 aliphatic heterocycles. The topological polar surface area (TPSA) is 52.5 Å². The molecule has 2 N–H and O–H groups in total. The van der Waals surface area contributed by atoms with Crippen molar-refractivity contribution in [1.82, 2.24) is 20.5 Å². The number of nitrogens with zero attached hydrogens (tertiary/aromatic N) is 3. The first-order valence-corrected chi connectivity index (χ1v) is 9.98. The molecule has 148 valence electrons. The smallest absolute Gasteiger partial charge is 0.356 e. The molecule has 0 radical (unpaired) electrons. The van der Waals surface area contributed by atoms with E-state index in [1.54, 1.807) is 7.05 Å². The number of aliphatic imine (C=N–C) groups is 1. The first-order valence-electron chi connectivity index (χ1n) is 9.10. The van der Waals surface area contributed by atoms with E-state index < -0.39 is 11.9 Å². The summed E-state index contributed by atoms with van der Waals surface area (Å²) in [6.07, 6.45) is -0.329. The van der Waals surface area contributed by atoms with Crippen LogP contribution in [0.4, 0.5) is 13.2 Å². The van der Waals surface area contributed by atoms with Gasteiger partial charge in [0.2, 0.25) is 0 Å². The van der Waals surface area contributed by atoms with Gasteiger partial charge >= 0.3 is 6.18 Å². The third-order valence-corrected chi connectivity index (χ3v) is 5.61. The predicted molar refractivity (Wildman–Crippen MR) is 99.6 cm³/mol. The molecule has 9 heteroatoms. The fourth-order valence-corrected chi connectivity index (χ4v) is 3.86. The van der Waals surface area contributed by atoms with Crippen molar-refractivity contribution in [1.29, 1.82) is 0 Å². The molecule has 0 saturated carbocycles. The van der Waals surface area contributed by atoms with E-state index in [1.165, 1.54) is 25.9 Å². The van der Waals surface area contributed by atoms with E-state index in [2.05, 4.69) is 32.4 Å². The molecule has 0 atom stereocenters. The quantitative estimate of drug-likeness (QED) is 0.554. The average molecular weight is 392 g/mol. The molecule has 0 unspecified atom stereocenters. The van der Waals surface area contributed by atoms with Crippen LogP contribution < -0.4 is 10.6 Å². The molecule has 0 bridgehead atoms. The molecule has 0 spiro atoms. The highest BCUT2D eigenvalue weighted by Gasteiger charge is 2.33. The Kier molecular flexibility index (Phi) is 8.15. The molecule has 0 aliphatic carbocycles. The third-order valence-electron chi connectivity index (χ3n) is 4.70. The number of thiazole rings is 1. The van der Waals surface area contributed by atoms with Gasteiger partial charge in [-0.05, 0) is 44.8 Å². The van der Waals surface area contributed by atoms with Gasteiger partial charge < -0.3 is 15.5 Å². The highest BCUT2D eigenvalue weighted by molar-refractivity contribution is 7.09. The Morgan fingerprint density at radius 3 is 2.58 bits per heavy atom. The summed E-state index contributed by atoms with van der Waals surface area (Å²) in [5, 5.41) is 7.96. The Morgan fingerprint density at radius 1 is 1.31 bits per heavy atom. The second-order valence-corrected chi connectivity index (χ2v) is 7.41. The van der Waals surface area contributed by atoms with Crippen LogP contribution in [-0.2, 0) is 12.6 Å². The third kappa shape index (κ3) is 6.75.